The Morgan fingerprint density at radius 1 is 0.657 bits per heavy atom. The lowest BCUT2D eigenvalue weighted by Gasteiger charge is -2.51. The molecule has 0 aromatic heterocycles. The number of rotatable bonds is 17. The van der Waals surface area contributed by atoms with Crippen LogP contribution in [-0.4, -0.2) is 66.7 Å². The standard InChI is InChI=1S/C24H53NO7Si3/c1-10-33(11-2,12-3)30-19-20(31-34(13-4,14-5)15-6)22(32-35(16-7,17-8)18-9)24(29-25)28-21(19)23(26)27/h19-22,24H,10-18,25H2,1-9H3,(H,26,27)/t19-,20-,21?,22-,24?/m0/s1. The number of ether oxygens (including phenoxy) is 1. The first-order chi connectivity index (χ1) is 16.6. The minimum Gasteiger partial charge on any atom is -0.479 e. The molecule has 0 aromatic rings. The van der Waals surface area contributed by atoms with Gasteiger partial charge in [-0.1, -0.05) is 62.3 Å². The molecule has 0 aromatic carbocycles. The van der Waals surface area contributed by atoms with E-state index in [9.17, 15) is 9.90 Å². The van der Waals surface area contributed by atoms with Gasteiger partial charge in [-0.05, 0) is 54.4 Å². The third-order valence-corrected chi connectivity index (χ3v) is 22.7. The predicted octanol–water partition coefficient (Wildman–Crippen LogP) is 5.86. The highest BCUT2D eigenvalue weighted by molar-refractivity contribution is 6.74. The average Bonchev–Trinajstić information content (AvgIpc) is 2.90. The number of nitrogens with two attached hydrogens (primary N) is 1. The van der Waals surface area contributed by atoms with Crippen LogP contribution in [0.25, 0.3) is 0 Å². The molecule has 5 atom stereocenters. The number of hydrogen-bond acceptors (Lipinski definition) is 7. The van der Waals surface area contributed by atoms with Crippen LogP contribution < -0.4 is 5.90 Å². The van der Waals surface area contributed by atoms with E-state index in [1.165, 1.54) is 0 Å². The summed E-state index contributed by atoms with van der Waals surface area (Å²) >= 11 is 0. The molecule has 11 heteroatoms. The van der Waals surface area contributed by atoms with Gasteiger partial charge in [-0.3, -0.25) is 4.84 Å². The highest BCUT2D eigenvalue weighted by Gasteiger charge is 2.56. The fraction of sp³-hybridized carbons (Fsp3) is 0.958. The van der Waals surface area contributed by atoms with Gasteiger partial charge in [-0.15, -0.1) is 0 Å². The maximum absolute atomic E-state index is 12.5. The number of carbonyl (C=O) groups is 1. The van der Waals surface area contributed by atoms with E-state index in [1.807, 2.05) is 0 Å². The van der Waals surface area contributed by atoms with E-state index in [1.54, 1.807) is 0 Å². The van der Waals surface area contributed by atoms with Crippen molar-refractivity contribution in [2.24, 2.45) is 5.90 Å². The lowest BCUT2D eigenvalue weighted by Crippen LogP contribution is -2.68. The van der Waals surface area contributed by atoms with Crippen molar-refractivity contribution < 1.29 is 32.8 Å². The van der Waals surface area contributed by atoms with Crippen molar-refractivity contribution >= 4 is 30.9 Å². The van der Waals surface area contributed by atoms with E-state index < -0.39 is 61.6 Å². The molecule has 0 amide bonds. The molecule has 1 aliphatic rings. The van der Waals surface area contributed by atoms with Gasteiger partial charge < -0.3 is 23.1 Å². The molecule has 208 valence electrons. The van der Waals surface area contributed by atoms with Crippen molar-refractivity contribution in [3.8, 4) is 0 Å². The minimum atomic E-state index is -2.21. The van der Waals surface area contributed by atoms with Crippen LogP contribution in [0.5, 0.6) is 0 Å². The summed E-state index contributed by atoms with van der Waals surface area (Å²) < 4.78 is 26.9. The zero-order chi connectivity index (χ0) is 26.9. The summed E-state index contributed by atoms with van der Waals surface area (Å²) in [6.45, 7) is 19.4. The maximum Gasteiger partial charge on any atom is 0.335 e. The van der Waals surface area contributed by atoms with Gasteiger partial charge in [0.25, 0.3) is 0 Å². The Morgan fingerprint density at radius 2 is 0.971 bits per heavy atom. The summed E-state index contributed by atoms with van der Waals surface area (Å²) in [7, 11) is -6.54. The van der Waals surface area contributed by atoms with Crippen molar-refractivity contribution in [1.82, 2.24) is 0 Å². The lowest BCUT2D eigenvalue weighted by atomic mass is 9.99. The quantitative estimate of drug-likeness (QED) is 0.171. The van der Waals surface area contributed by atoms with E-state index in [0.717, 1.165) is 54.4 Å². The van der Waals surface area contributed by atoms with Crippen molar-refractivity contribution in [1.29, 1.82) is 0 Å². The first-order valence-electron chi connectivity index (χ1n) is 13.9. The smallest absolute Gasteiger partial charge is 0.335 e. The average molecular weight is 552 g/mol. The Hall–Kier alpha value is -0.119. The number of hydrogen-bond donors (Lipinski definition) is 2. The van der Waals surface area contributed by atoms with Gasteiger partial charge in [-0.25, -0.2) is 10.7 Å². The largest absolute Gasteiger partial charge is 0.479 e. The number of carboxylic acid groups (broad SMARTS) is 1. The van der Waals surface area contributed by atoms with Crippen LogP contribution >= 0.6 is 0 Å². The zero-order valence-electron chi connectivity index (χ0n) is 23.7. The van der Waals surface area contributed by atoms with Gasteiger partial charge in [0.2, 0.25) is 6.29 Å². The minimum absolute atomic E-state index is 0.613. The first-order valence-corrected chi connectivity index (χ1v) is 21.4. The van der Waals surface area contributed by atoms with Crippen LogP contribution in [0.4, 0.5) is 0 Å². The summed E-state index contributed by atoms with van der Waals surface area (Å²) in [5.74, 6) is 4.63. The SMILES string of the molecule is CC[Si](CC)(CC)O[C@@H]1[C@H](O[Si](CC)(CC)CC)C(ON)OC(C(=O)O)[C@H]1O[Si](CC)(CC)CC. The fourth-order valence-electron chi connectivity index (χ4n) is 5.37. The van der Waals surface area contributed by atoms with Gasteiger partial charge in [0.1, 0.15) is 18.3 Å². The highest BCUT2D eigenvalue weighted by atomic mass is 28.4. The third-order valence-electron chi connectivity index (χ3n) is 8.83. The van der Waals surface area contributed by atoms with Gasteiger partial charge >= 0.3 is 5.97 Å². The second-order valence-corrected chi connectivity index (χ2v) is 24.0. The number of carboxylic acids is 1. The van der Waals surface area contributed by atoms with E-state index in [-0.39, 0.29) is 0 Å². The molecule has 35 heavy (non-hydrogen) atoms. The monoisotopic (exact) mass is 551 g/mol. The van der Waals surface area contributed by atoms with Gasteiger partial charge in [-0.2, -0.15) is 0 Å². The summed E-state index contributed by atoms with van der Waals surface area (Å²) in [6.07, 6.45) is -4.29. The van der Waals surface area contributed by atoms with E-state index in [4.69, 9.17) is 28.7 Å². The summed E-state index contributed by atoms with van der Waals surface area (Å²) in [6, 6.07) is 8.28. The van der Waals surface area contributed by atoms with Crippen LogP contribution in [0, 0.1) is 0 Å². The van der Waals surface area contributed by atoms with E-state index >= 15 is 0 Å². The van der Waals surface area contributed by atoms with Crippen molar-refractivity contribution in [2.75, 3.05) is 0 Å². The molecule has 0 aliphatic carbocycles. The zero-order valence-corrected chi connectivity index (χ0v) is 26.7. The highest BCUT2D eigenvalue weighted by Crippen LogP contribution is 2.39. The summed E-state index contributed by atoms with van der Waals surface area (Å²) in [4.78, 5) is 17.8. The van der Waals surface area contributed by atoms with Gasteiger partial charge in [0.05, 0.1) is 0 Å². The predicted molar refractivity (Wildman–Crippen MR) is 148 cm³/mol. The lowest BCUT2D eigenvalue weighted by molar-refractivity contribution is -0.287. The Balaban J connectivity index is 3.74. The molecule has 1 aliphatic heterocycles. The molecule has 0 spiro atoms. The molecule has 1 fully saturated rings. The second-order valence-electron chi connectivity index (χ2n) is 9.88. The third kappa shape index (κ3) is 7.47. The Bertz CT molecular complexity index is 605. The van der Waals surface area contributed by atoms with Gasteiger partial charge in [0, 0.05) is 0 Å². The molecule has 2 unspecified atom stereocenters. The second kappa shape index (κ2) is 14.7. The van der Waals surface area contributed by atoms with E-state index in [0.29, 0.717) is 0 Å². The molecule has 0 saturated carbocycles. The van der Waals surface area contributed by atoms with Crippen molar-refractivity contribution in [2.45, 2.75) is 147 Å². The Morgan fingerprint density at radius 3 is 1.26 bits per heavy atom. The normalized spacial score (nSPS) is 26.2. The molecule has 0 bridgehead atoms. The molecule has 8 nitrogen and oxygen atoms in total. The van der Waals surface area contributed by atoms with Crippen LogP contribution in [0.15, 0.2) is 0 Å². The molecular weight excluding hydrogens is 499 g/mol. The molecule has 3 N–H and O–H groups in total. The first kappa shape index (κ1) is 32.9. The number of aliphatic carboxylic acids is 1. The fourth-order valence-corrected chi connectivity index (χ4v) is 13.9. The summed E-state index contributed by atoms with van der Waals surface area (Å²) in [5.41, 5.74) is 0. The Labute approximate surface area is 216 Å². The van der Waals surface area contributed by atoms with Crippen LogP contribution in [0.2, 0.25) is 54.4 Å². The summed E-state index contributed by atoms with van der Waals surface area (Å²) in [5, 5.41) is 10.2. The molecule has 1 heterocycles. The molecule has 1 rings (SSSR count). The van der Waals surface area contributed by atoms with Crippen LogP contribution in [0.1, 0.15) is 62.3 Å². The topological polar surface area (TPSA) is 109 Å². The van der Waals surface area contributed by atoms with Crippen LogP contribution in [0.3, 0.4) is 0 Å². The van der Waals surface area contributed by atoms with Crippen LogP contribution in [-0.2, 0) is 27.6 Å². The molecular formula is C24H53NO7Si3. The molecule has 0 radical (unpaired) electrons. The van der Waals surface area contributed by atoms with E-state index in [2.05, 4.69) is 62.3 Å². The molecule has 1 saturated heterocycles. The Kier molecular flexibility index (Phi) is 13.8. The maximum atomic E-state index is 12.5. The van der Waals surface area contributed by atoms with Gasteiger partial charge in [0.15, 0.2) is 31.1 Å². The van der Waals surface area contributed by atoms with Crippen molar-refractivity contribution in [3.63, 3.8) is 0 Å². The van der Waals surface area contributed by atoms with Crippen molar-refractivity contribution in [3.05, 3.63) is 0 Å².